The SMILES string of the molecule is c1ccc(-n2c3ccccc3c3cc(-c4cc(-c5ccc6c7ccccc7n(-c7ccccc7)c6c5)cc5c4oc4ccccc45)ccc32)cc1. The van der Waals surface area contributed by atoms with Crippen LogP contribution in [-0.2, 0) is 0 Å². The molecule has 3 nitrogen and oxygen atoms in total. The second kappa shape index (κ2) is 10.8. The van der Waals surface area contributed by atoms with Gasteiger partial charge in [-0.25, -0.2) is 0 Å². The number of aromatic nitrogens is 2. The van der Waals surface area contributed by atoms with Gasteiger partial charge in [0.1, 0.15) is 11.2 Å². The molecular formula is C48H30N2O. The van der Waals surface area contributed by atoms with Gasteiger partial charge in [-0.1, -0.05) is 109 Å². The Bertz CT molecular complexity index is 3130. The van der Waals surface area contributed by atoms with Gasteiger partial charge >= 0.3 is 0 Å². The van der Waals surface area contributed by atoms with Crippen LogP contribution < -0.4 is 0 Å². The molecule has 0 saturated carbocycles. The van der Waals surface area contributed by atoms with Crippen molar-refractivity contribution in [3.05, 3.63) is 182 Å². The summed E-state index contributed by atoms with van der Waals surface area (Å²) in [5, 5.41) is 7.19. The smallest absolute Gasteiger partial charge is 0.143 e. The van der Waals surface area contributed by atoms with Gasteiger partial charge in [-0.2, -0.15) is 0 Å². The predicted octanol–water partition coefficient (Wildman–Crippen LogP) is 13.1. The molecule has 3 heteroatoms. The number of hydrogen-bond acceptors (Lipinski definition) is 1. The molecule has 0 aliphatic heterocycles. The lowest BCUT2D eigenvalue weighted by molar-refractivity contribution is 0.670. The Morgan fingerprint density at radius 2 is 0.843 bits per heavy atom. The fourth-order valence-electron chi connectivity index (χ4n) is 8.21. The van der Waals surface area contributed by atoms with Crippen molar-refractivity contribution in [2.45, 2.75) is 0 Å². The Labute approximate surface area is 293 Å². The maximum Gasteiger partial charge on any atom is 0.143 e. The maximum atomic E-state index is 6.68. The zero-order valence-corrected chi connectivity index (χ0v) is 27.6. The van der Waals surface area contributed by atoms with E-state index in [1.54, 1.807) is 0 Å². The van der Waals surface area contributed by atoms with Crippen molar-refractivity contribution in [3.63, 3.8) is 0 Å². The quantitative estimate of drug-likeness (QED) is 0.186. The first kappa shape index (κ1) is 28.0. The van der Waals surface area contributed by atoms with E-state index in [-0.39, 0.29) is 0 Å². The highest BCUT2D eigenvalue weighted by atomic mass is 16.3. The van der Waals surface area contributed by atoms with Gasteiger partial charge in [-0.3, -0.25) is 0 Å². The molecule has 8 aromatic carbocycles. The van der Waals surface area contributed by atoms with Crippen LogP contribution in [0.4, 0.5) is 0 Å². The van der Waals surface area contributed by atoms with E-state index in [1.807, 2.05) is 6.07 Å². The number of nitrogens with zero attached hydrogens (tertiary/aromatic N) is 2. The molecule has 0 radical (unpaired) electrons. The van der Waals surface area contributed by atoms with Gasteiger partial charge in [0, 0.05) is 49.3 Å². The molecule has 0 fully saturated rings. The van der Waals surface area contributed by atoms with E-state index in [4.69, 9.17) is 4.42 Å². The summed E-state index contributed by atoms with van der Waals surface area (Å²) < 4.78 is 11.4. The Morgan fingerprint density at radius 3 is 1.57 bits per heavy atom. The minimum absolute atomic E-state index is 0.896. The average Bonchev–Trinajstić information content (AvgIpc) is 3.85. The number of rotatable bonds is 4. The Hall–Kier alpha value is -6.84. The van der Waals surface area contributed by atoms with E-state index < -0.39 is 0 Å². The molecule has 0 N–H and O–H groups in total. The lowest BCUT2D eigenvalue weighted by atomic mass is 9.94. The highest BCUT2D eigenvalue weighted by molar-refractivity contribution is 6.15. The fraction of sp³-hybridized carbons (Fsp3) is 0. The summed E-state index contributed by atoms with van der Waals surface area (Å²) in [6, 6.07) is 65.5. The van der Waals surface area contributed by atoms with Crippen molar-refractivity contribution in [1.29, 1.82) is 0 Å². The van der Waals surface area contributed by atoms with E-state index >= 15 is 0 Å². The first-order valence-corrected chi connectivity index (χ1v) is 17.4. The van der Waals surface area contributed by atoms with Crippen molar-refractivity contribution in [1.82, 2.24) is 9.13 Å². The van der Waals surface area contributed by atoms with Crippen LogP contribution in [0, 0.1) is 0 Å². The van der Waals surface area contributed by atoms with Crippen molar-refractivity contribution >= 4 is 65.6 Å². The molecule has 0 aliphatic rings. The van der Waals surface area contributed by atoms with E-state index in [2.05, 4.69) is 185 Å². The standard InChI is InChI=1S/C48H30N2O/c1-3-13-34(14-4-1)49-44-21-11-8-18-37(44)41-27-32(24-26-45(41)49)40-28-33(29-42-39-19-9-12-22-47(39)51-48(40)42)31-23-25-38-36-17-7-10-20-43(36)50(46(38)30-31)35-15-5-2-6-16-35/h1-30H. The minimum atomic E-state index is 0.896. The summed E-state index contributed by atoms with van der Waals surface area (Å²) in [5.41, 5.74) is 13.4. The van der Waals surface area contributed by atoms with Gasteiger partial charge in [0.2, 0.25) is 0 Å². The van der Waals surface area contributed by atoms with Crippen LogP contribution >= 0.6 is 0 Å². The van der Waals surface area contributed by atoms with Crippen LogP contribution in [0.3, 0.4) is 0 Å². The monoisotopic (exact) mass is 650 g/mol. The van der Waals surface area contributed by atoms with Crippen LogP contribution in [0.15, 0.2) is 186 Å². The van der Waals surface area contributed by atoms with Crippen molar-refractivity contribution < 1.29 is 4.42 Å². The van der Waals surface area contributed by atoms with Crippen molar-refractivity contribution in [3.8, 4) is 33.6 Å². The van der Waals surface area contributed by atoms with Crippen molar-refractivity contribution in [2.24, 2.45) is 0 Å². The third-order valence-corrected chi connectivity index (χ3v) is 10.5. The normalized spacial score (nSPS) is 11.9. The van der Waals surface area contributed by atoms with Gasteiger partial charge in [0.25, 0.3) is 0 Å². The van der Waals surface area contributed by atoms with Gasteiger partial charge < -0.3 is 13.6 Å². The zero-order valence-electron chi connectivity index (χ0n) is 27.6. The summed E-state index contributed by atoms with van der Waals surface area (Å²) in [6.45, 7) is 0. The fourth-order valence-corrected chi connectivity index (χ4v) is 8.21. The second-order valence-corrected chi connectivity index (χ2v) is 13.3. The molecule has 0 bridgehead atoms. The molecule has 0 saturated heterocycles. The molecule has 0 amide bonds. The third-order valence-electron chi connectivity index (χ3n) is 10.5. The minimum Gasteiger partial charge on any atom is -0.455 e. The summed E-state index contributed by atoms with van der Waals surface area (Å²) >= 11 is 0. The first-order chi connectivity index (χ1) is 25.3. The van der Waals surface area contributed by atoms with Crippen LogP contribution in [0.2, 0.25) is 0 Å². The highest BCUT2D eigenvalue weighted by Crippen LogP contribution is 2.43. The lowest BCUT2D eigenvalue weighted by Crippen LogP contribution is -1.93. The van der Waals surface area contributed by atoms with Gasteiger partial charge in [-0.15, -0.1) is 0 Å². The van der Waals surface area contributed by atoms with Gasteiger partial charge in [-0.05, 0) is 89.5 Å². The van der Waals surface area contributed by atoms with Crippen LogP contribution in [0.1, 0.15) is 0 Å². The maximum absolute atomic E-state index is 6.68. The Balaban J connectivity index is 1.18. The molecular weight excluding hydrogens is 621 g/mol. The second-order valence-electron chi connectivity index (χ2n) is 13.3. The van der Waals surface area contributed by atoms with Gasteiger partial charge in [0.05, 0.1) is 22.1 Å². The van der Waals surface area contributed by atoms with E-state index in [9.17, 15) is 0 Å². The lowest BCUT2D eigenvalue weighted by Gasteiger charge is -2.11. The molecule has 0 atom stereocenters. The number of para-hydroxylation sites is 5. The molecule has 51 heavy (non-hydrogen) atoms. The van der Waals surface area contributed by atoms with E-state index in [0.717, 1.165) is 55.6 Å². The summed E-state index contributed by atoms with van der Waals surface area (Å²) in [5.74, 6) is 0. The number of hydrogen-bond donors (Lipinski definition) is 0. The number of fused-ring (bicyclic) bond motifs is 9. The first-order valence-electron chi connectivity index (χ1n) is 17.4. The average molecular weight is 651 g/mol. The summed E-state index contributed by atoms with van der Waals surface area (Å²) in [6.07, 6.45) is 0. The largest absolute Gasteiger partial charge is 0.455 e. The van der Waals surface area contributed by atoms with E-state index in [0.29, 0.717) is 0 Å². The van der Waals surface area contributed by atoms with Crippen molar-refractivity contribution in [2.75, 3.05) is 0 Å². The summed E-state index contributed by atoms with van der Waals surface area (Å²) in [4.78, 5) is 0. The number of furan rings is 1. The highest BCUT2D eigenvalue weighted by Gasteiger charge is 2.19. The molecule has 0 unspecified atom stereocenters. The molecule has 11 rings (SSSR count). The summed E-state index contributed by atoms with van der Waals surface area (Å²) in [7, 11) is 0. The molecule has 0 spiro atoms. The third kappa shape index (κ3) is 4.19. The molecule has 3 heterocycles. The zero-order chi connectivity index (χ0) is 33.5. The Kier molecular flexibility index (Phi) is 5.96. The molecule has 11 aromatic rings. The van der Waals surface area contributed by atoms with E-state index in [1.165, 1.54) is 43.6 Å². The number of benzene rings is 8. The van der Waals surface area contributed by atoms with Crippen LogP contribution in [0.5, 0.6) is 0 Å². The topological polar surface area (TPSA) is 23.0 Å². The molecule has 3 aromatic heterocycles. The molecule has 0 aliphatic carbocycles. The van der Waals surface area contributed by atoms with Crippen LogP contribution in [0.25, 0.3) is 99.2 Å². The van der Waals surface area contributed by atoms with Gasteiger partial charge in [0.15, 0.2) is 0 Å². The Morgan fingerprint density at radius 1 is 0.314 bits per heavy atom. The predicted molar refractivity (Wildman–Crippen MR) is 213 cm³/mol. The van der Waals surface area contributed by atoms with Crippen LogP contribution in [-0.4, -0.2) is 9.13 Å². The molecule has 238 valence electrons.